The summed E-state index contributed by atoms with van der Waals surface area (Å²) < 4.78 is 9.88. The molecule has 0 atom stereocenters. The van der Waals surface area contributed by atoms with E-state index in [1.165, 1.54) is 10.8 Å². The van der Waals surface area contributed by atoms with Crippen LogP contribution < -0.4 is 9.80 Å². The van der Waals surface area contributed by atoms with Gasteiger partial charge in [0.25, 0.3) is 0 Å². The molecule has 0 radical (unpaired) electrons. The maximum Gasteiger partial charge on any atom is 0.165 e. The number of nitrogens with zero attached hydrogens (tertiary/aromatic N) is 7. The fourth-order valence-corrected chi connectivity index (χ4v) is 15.8. The van der Waals surface area contributed by atoms with Crippen molar-refractivity contribution < 1.29 is 0 Å². The number of pyridine rings is 1. The van der Waals surface area contributed by atoms with Gasteiger partial charge in [-0.1, -0.05) is 212 Å². The van der Waals surface area contributed by atoms with Gasteiger partial charge in [-0.15, -0.1) is 0 Å². The number of anilines is 6. The Kier molecular flexibility index (Phi) is 13.2. The lowest BCUT2D eigenvalue weighted by Gasteiger charge is -2.27. The fourth-order valence-electron chi connectivity index (χ4n) is 15.8. The van der Waals surface area contributed by atoms with Crippen LogP contribution in [0.5, 0.6) is 0 Å². The zero-order valence-corrected chi connectivity index (χ0v) is 54.0. The minimum Gasteiger partial charge on any atom is -0.310 e. The molecule has 14 aromatic carbocycles. The largest absolute Gasteiger partial charge is 0.310 e. The highest BCUT2D eigenvalue weighted by Gasteiger charge is 2.32. The highest BCUT2D eigenvalue weighted by atomic mass is 15.2. The summed E-state index contributed by atoms with van der Waals surface area (Å²) in [5.41, 5.74) is 23.8. The molecule has 0 bridgehead atoms. The van der Waals surface area contributed by atoms with E-state index < -0.39 is 0 Å². The molecule has 5 heterocycles. The van der Waals surface area contributed by atoms with Crippen LogP contribution in [0.15, 0.2) is 346 Å². The Morgan fingerprint density at radius 2 is 0.541 bits per heavy atom. The van der Waals surface area contributed by atoms with Crippen LogP contribution in [0.4, 0.5) is 34.1 Å². The smallest absolute Gasteiger partial charge is 0.165 e. The zero-order chi connectivity index (χ0) is 65.0. The maximum absolute atomic E-state index is 6.43. The average molecular weight is 1250 g/mol. The molecule has 0 aliphatic heterocycles. The van der Waals surface area contributed by atoms with Crippen LogP contribution in [0.1, 0.15) is 11.1 Å². The molecule has 98 heavy (non-hydrogen) atoms. The average Bonchev–Trinajstić information content (AvgIpc) is 1.43. The molecule has 19 rings (SSSR count). The molecule has 462 valence electrons. The first kappa shape index (κ1) is 56.6. The quantitative estimate of drug-likeness (QED) is 0.122. The summed E-state index contributed by atoms with van der Waals surface area (Å²) in [7, 11) is 0. The van der Waals surface area contributed by atoms with Crippen LogP contribution in [0.2, 0.25) is 0 Å². The van der Waals surface area contributed by atoms with Crippen molar-refractivity contribution in [1.29, 1.82) is 0 Å². The minimum absolute atomic E-state index is 0.823. The van der Waals surface area contributed by atoms with E-state index in [0.717, 1.165) is 167 Å². The molecule has 7 heteroatoms. The second-order valence-electron chi connectivity index (χ2n) is 25.5. The van der Waals surface area contributed by atoms with Crippen molar-refractivity contribution in [3.63, 3.8) is 0 Å². The molecular weight excluding hydrogens is 1190 g/mol. The van der Waals surface area contributed by atoms with Gasteiger partial charge < -0.3 is 18.9 Å². The molecular formula is C91H63N7. The van der Waals surface area contributed by atoms with Crippen molar-refractivity contribution in [2.75, 3.05) is 9.80 Å². The third-order valence-corrected chi connectivity index (χ3v) is 20.0. The molecule has 5 aromatic heterocycles. The zero-order valence-electron chi connectivity index (χ0n) is 54.0. The molecule has 0 unspecified atom stereocenters. The number of fused-ring (bicyclic) bond motifs is 12. The van der Waals surface area contributed by atoms with Crippen LogP contribution in [0, 0.1) is 13.8 Å². The van der Waals surface area contributed by atoms with Crippen molar-refractivity contribution in [1.82, 2.24) is 23.3 Å². The lowest BCUT2D eigenvalue weighted by Crippen LogP contribution is -2.14. The summed E-state index contributed by atoms with van der Waals surface area (Å²) in [5, 5.41) is 9.26. The van der Waals surface area contributed by atoms with Crippen molar-refractivity contribution in [3.05, 3.63) is 357 Å². The van der Waals surface area contributed by atoms with Gasteiger partial charge in [-0.05, 0) is 170 Å². The summed E-state index contributed by atoms with van der Waals surface area (Å²) in [6, 6.07) is 126. The predicted octanol–water partition coefficient (Wildman–Crippen LogP) is 24.4. The van der Waals surface area contributed by atoms with Crippen molar-refractivity contribution in [2.45, 2.75) is 13.8 Å². The number of hydrogen-bond donors (Lipinski definition) is 0. The summed E-state index contributed by atoms with van der Waals surface area (Å²) in [4.78, 5) is 11.1. The maximum atomic E-state index is 6.43. The van der Waals surface area contributed by atoms with Gasteiger partial charge in [0, 0.05) is 94.0 Å². The van der Waals surface area contributed by atoms with E-state index >= 15 is 0 Å². The third kappa shape index (κ3) is 8.87. The molecule has 0 saturated heterocycles. The first-order valence-electron chi connectivity index (χ1n) is 33.6. The third-order valence-electron chi connectivity index (χ3n) is 20.0. The van der Waals surface area contributed by atoms with Crippen LogP contribution in [0.25, 0.3) is 132 Å². The Labute approximate surface area is 567 Å². The molecule has 0 aliphatic carbocycles. The lowest BCUT2D eigenvalue weighted by molar-refractivity contribution is 0.986. The molecule has 19 aromatic rings. The van der Waals surface area contributed by atoms with E-state index in [0.29, 0.717) is 0 Å². The van der Waals surface area contributed by atoms with E-state index in [2.05, 4.69) is 388 Å². The summed E-state index contributed by atoms with van der Waals surface area (Å²) in [5.74, 6) is 1.65. The second kappa shape index (κ2) is 22.9. The Morgan fingerprint density at radius 3 is 0.908 bits per heavy atom. The van der Waals surface area contributed by atoms with Gasteiger partial charge in [0.1, 0.15) is 5.82 Å². The van der Waals surface area contributed by atoms with Gasteiger partial charge >= 0.3 is 0 Å². The summed E-state index contributed by atoms with van der Waals surface area (Å²) in [6.45, 7) is 4.56. The summed E-state index contributed by atoms with van der Waals surface area (Å²) in [6.07, 6.45) is 0. The monoisotopic (exact) mass is 1250 g/mol. The molecule has 0 fully saturated rings. The van der Waals surface area contributed by atoms with E-state index in [-0.39, 0.29) is 0 Å². The molecule has 0 aliphatic rings. The molecule has 0 saturated carbocycles. The number of hydrogen-bond acceptors (Lipinski definition) is 3. The second-order valence-corrected chi connectivity index (χ2v) is 25.5. The van der Waals surface area contributed by atoms with Crippen molar-refractivity contribution >= 4 is 121 Å². The van der Waals surface area contributed by atoms with Crippen LogP contribution in [-0.2, 0) is 0 Å². The van der Waals surface area contributed by atoms with Gasteiger partial charge in [0.15, 0.2) is 5.82 Å². The van der Waals surface area contributed by atoms with Gasteiger partial charge in [0.2, 0.25) is 0 Å². The molecule has 0 N–H and O–H groups in total. The fraction of sp³-hybridized carbons (Fsp3) is 0.0220. The predicted molar refractivity (Wildman–Crippen MR) is 411 cm³/mol. The first-order valence-corrected chi connectivity index (χ1v) is 33.6. The number of rotatable bonds is 12. The topological polar surface area (TPSA) is 39.1 Å². The van der Waals surface area contributed by atoms with Crippen LogP contribution in [0.3, 0.4) is 0 Å². The van der Waals surface area contributed by atoms with E-state index in [1.807, 2.05) is 0 Å². The standard InChI is InChI=1S/C91H63N7/c1-60-28-27-29-61(2)86(60)88-87(62-50-52-67(53-51-62)95-84-56-54-68(93(63-30-7-3-8-31-63)64-32-9-4-10-33-64)58-76(84)77-59-69(55-57-85(77)95)94(65-34-11-5-12-35-65)66-36-13-6-14-37-66)90(97-80-46-23-17-40-72(80)73-41-18-24-47-81(73)97)92-91(98-82-48-25-19-42-74(82)75-43-20-26-49-83(75)98)89(88)96-78-44-21-15-38-70(78)71-39-16-22-45-79(71)96/h3-59H,1-2H3. The Balaban J connectivity index is 0.932. The van der Waals surface area contributed by atoms with E-state index in [1.54, 1.807) is 0 Å². The molecule has 7 nitrogen and oxygen atoms in total. The molecule has 0 amide bonds. The van der Waals surface area contributed by atoms with Gasteiger partial charge in [0.05, 0.1) is 49.8 Å². The summed E-state index contributed by atoms with van der Waals surface area (Å²) >= 11 is 0. The van der Waals surface area contributed by atoms with Crippen LogP contribution in [-0.4, -0.2) is 23.3 Å². The van der Waals surface area contributed by atoms with Gasteiger partial charge in [-0.2, -0.15) is 0 Å². The molecule has 0 spiro atoms. The van der Waals surface area contributed by atoms with Gasteiger partial charge in [-0.25, -0.2) is 4.98 Å². The first-order chi connectivity index (χ1) is 48.5. The van der Waals surface area contributed by atoms with E-state index in [9.17, 15) is 0 Å². The number of aryl methyl sites for hydroxylation is 2. The van der Waals surface area contributed by atoms with E-state index in [4.69, 9.17) is 4.98 Å². The van der Waals surface area contributed by atoms with Crippen molar-refractivity contribution in [3.8, 4) is 45.3 Å². The van der Waals surface area contributed by atoms with Crippen molar-refractivity contribution in [2.24, 2.45) is 0 Å². The van der Waals surface area contributed by atoms with Crippen LogP contribution >= 0.6 is 0 Å². The number of para-hydroxylation sites is 10. The Bertz CT molecular complexity index is 5920. The number of aromatic nitrogens is 5. The number of benzene rings is 14. The highest BCUT2D eigenvalue weighted by molar-refractivity contribution is 6.16. The minimum atomic E-state index is 0.823. The normalized spacial score (nSPS) is 11.8. The Morgan fingerprint density at radius 1 is 0.224 bits per heavy atom. The SMILES string of the molecule is Cc1cccc(C)c1-c1c(-c2ccc(-n3c4ccc(N(c5ccccc5)c5ccccc5)cc4c4cc(N(c5ccccc5)c5ccccc5)ccc43)cc2)c(-n2c3ccccc3c3ccccc32)nc(-n2c3ccccc3c3ccccc32)c1-n1c2ccccc2c2ccccc21. The Hall–Kier alpha value is -13.0. The lowest BCUT2D eigenvalue weighted by atomic mass is 9.88. The van der Waals surface area contributed by atoms with Gasteiger partial charge in [-0.3, -0.25) is 9.13 Å². The highest BCUT2D eigenvalue weighted by Crippen LogP contribution is 2.51.